The molecule has 0 bridgehead atoms. The Hall–Kier alpha value is -4.11. The summed E-state index contributed by atoms with van der Waals surface area (Å²) in [5, 5.41) is 9.12. The van der Waals surface area contributed by atoms with Crippen LogP contribution in [0.5, 0.6) is 23.0 Å². The summed E-state index contributed by atoms with van der Waals surface area (Å²) in [7, 11) is 0. The molecular weight excluding hydrogens is 505 g/mol. The van der Waals surface area contributed by atoms with Crippen molar-refractivity contribution in [1.82, 2.24) is 4.90 Å². The molecular formula is C30H28FNO7. The third-order valence-corrected chi connectivity index (χ3v) is 7.43. The van der Waals surface area contributed by atoms with Gasteiger partial charge >= 0.3 is 5.97 Å². The number of amides is 1. The number of ether oxygens (including phenoxy) is 4. The molecule has 2 atom stereocenters. The molecule has 39 heavy (non-hydrogen) atoms. The highest BCUT2D eigenvalue weighted by Gasteiger charge is 2.32. The molecule has 9 heteroatoms. The Labute approximate surface area is 224 Å². The second-order valence-corrected chi connectivity index (χ2v) is 9.92. The summed E-state index contributed by atoms with van der Waals surface area (Å²) in [5.74, 6) is 0.788. The Morgan fingerprint density at radius 1 is 1.03 bits per heavy atom. The van der Waals surface area contributed by atoms with Gasteiger partial charge in [0, 0.05) is 47.3 Å². The highest BCUT2D eigenvalue weighted by atomic mass is 19.1. The van der Waals surface area contributed by atoms with E-state index in [9.17, 15) is 9.59 Å². The first-order valence-electron chi connectivity index (χ1n) is 13.1. The van der Waals surface area contributed by atoms with E-state index in [-0.39, 0.29) is 24.1 Å². The van der Waals surface area contributed by atoms with E-state index in [1.54, 1.807) is 47.4 Å². The van der Waals surface area contributed by atoms with Gasteiger partial charge in [0.1, 0.15) is 34.9 Å². The van der Waals surface area contributed by atoms with Crippen molar-refractivity contribution >= 4 is 11.9 Å². The third-order valence-electron chi connectivity index (χ3n) is 7.43. The maximum absolute atomic E-state index is 15.0. The molecule has 3 aromatic rings. The summed E-state index contributed by atoms with van der Waals surface area (Å²) in [6, 6.07) is 15.3. The van der Waals surface area contributed by atoms with E-state index in [2.05, 4.69) is 0 Å². The third kappa shape index (κ3) is 5.14. The molecule has 1 unspecified atom stereocenters. The van der Waals surface area contributed by atoms with E-state index in [4.69, 9.17) is 24.1 Å². The van der Waals surface area contributed by atoms with Gasteiger partial charge in [0.2, 0.25) is 0 Å². The second kappa shape index (κ2) is 10.6. The molecule has 202 valence electrons. The van der Waals surface area contributed by atoms with Crippen LogP contribution < -0.4 is 14.2 Å². The number of halogens is 1. The molecule has 8 nitrogen and oxygen atoms in total. The molecule has 1 saturated heterocycles. The molecule has 0 radical (unpaired) electrons. The monoisotopic (exact) mass is 533 g/mol. The highest BCUT2D eigenvalue weighted by molar-refractivity contribution is 5.94. The van der Waals surface area contributed by atoms with Crippen molar-refractivity contribution in [1.29, 1.82) is 0 Å². The average molecular weight is 534 g/mol. The number of rotatable bonds is 7. The fraction of sp³-hybridized carbons (Fsp3) is 0.333. The second-order valence-electron chi connectivity index (χ2n) is 9.92. The topological polar surface area (TPSA) is 94.5 Å². The van der Waals surface area contributed by atoms with Gasteiger partial charge < -0.3 is 29.0 Å². The minimum Gasteiger partial charge on any atom is -0.492 e. The number of carboxylic acid groups (broad SMARTS) is 1. The van der Waals surface area contributed by atoms with Crippen LogP contribution in [-0.4, -0.2) is 54.8 Å². The van der Waals surface area contributed by atoms with Crippen molar-refractivity contribution in [2.45, 2.75) is 31.3 Å². The zero-order chi connectivity index (χ0) is 26.9. The van der Waals surface area contributed by atoms with Crippen molar-refractivity contribution in [3.8, 4) is 23.0 Å². The number of carboxylic acids is 1. The summed E-state index contributed by atoms with van der Waals surface area (Å²) in [6.45, 7) is 2.55. The molecule has 1 amide bonds. The average Bonchev–Trinajstić information content (AvgIpc) is 3.55. The lowest BCUT2D eigenvalue weighted by atomic mass is 9.98. The van der Waals surface area contributed by atoms with Crippen LogP contribution in [0.2, 0.25) is 0 Å². The van der Waals surface area contributed by atoms with Crippen LogP contribution >= 0.6 is 0 Å². The Bertz CT molecular complexity index is 1400. The minimum atomic E-state index is -0.870. The van der Waals surface area contributed by atoms with Gasteiger partial charge in [-0.3, -0.25) is 9.59 Å². The van der Waals surface area contributed by atoms with Crippen LogP contribution in [0.3, 0.4) is 0 Å². The normalized spacial score (nSPS) is 19.7. The molecule has 0 saturated carbocycles. The number of benzene rings is 3. The van der Waals surface area contributed by atoms with Gasteiger partial charge in [-0.15, -0.1) is 0 Å². The smallest absolute Gasteiger partial charge is 0.304 e. The maximum atomic E-state index is 15.0. The first kappa shape index (κ1) is 25.2. The number of morpholine rings is 1. The quantitative estimate of drug-likeness (QED) is 0.451. The van der Waals surface area contributed by atoms with Gasteiger partial charge in [-0.05, 0) is 55.3 Å². The van der Waals surface area contributed by atoms with E-state index >= 15 is 4.39 Å². The predicted molar refractivity (Wildman–Crippen MR) is 138 cm³/mol. The lowest BCUT2D eigenvalue weighted by molar-refractivity contribution is -0.137. The largest absolute Gasteiger partial charge is 0.492 e. The zero-order valence-corrected chi connectivity index (χ0v) is 21.2. The van der Waals surface area contributed by atoms with Crippen molar-refractivity contribution in [2.24, 2.45) is 0 Å². The lowest BCUT2D eigenvalue weighted by Crippen LogP contribution is -2.40. The van der Waals surface area contributed by atoms with Crippen molar-refractivity contribution < 1.29 is 38.0 Å². The van der Waals surface area contributed by atoms with Gasteiger partial charge in [0.15, 0.2) is 0 Å². The van der Waals surface area contributed by atoms with Crippen LogP contribution in [0, 0.1) is 5.82 Å². The van der Waals surface area contributed by atoms with Crippen LogP contribution in [0.15, 0.2) is 54.6 Å². The van der Waals surface area contributed by atoms with Crippen LogP contribution in [0.25, 0.3) is 0 Å². The first-order valence-corrected chi connectivity index (χ1v) is 13.1. The Morgan fingerprint density at radius 2 is 1.79 bits per heavy atom. The fourth-order valence-electron chi connectivity index (χ4n) is 5.47. The zero-order valence-electron chi connectivity index (χ0n) is 21.2. The number of nitrogens with zero attached hydrogens (tertiary/aromatic N) is 1. The van der Waals surface area contributed by atoms with E-state index in [1.165, 1.54) is 6.07 Å². The molecule has 0 spiro atoms. The van der Waals surface area contributed by atoms with E-state index in [0.29, 0.717) is 79.9 Å². The van der Waals surface area contributed by atoms with Gasteiger partial charge in [-0.2, -0.15) is 0 Å². The van der Waals surface area contributed by atoms with Crippen molar-refractivity contribution in [2.75, 3.05) is 32.9 Å². The molecule has 1 fully saturated rings. The van der Waals surface area contributed by atoms with Gasteiger partial charge in [-0.25, -0.2) is 4.39 Å². The Balaban J connectivity index is 1.16. The van der Waals surface area contributed by atoms with E-state index in [0.717, 1.165) is 11.1 Å². The van der Waals surface area contributed by atoms with Crippen molar-refractivity contribution in [3.63, 3.8) is 0 Å². The van der Waals surface area contributed by atoms with Crippen molar-refractivity contribution in [3.05, 3.63) is 82.7 Å². The summed E-state index contributed by atoms with van der Waals surface area (Å²) >= 11 is 0. The van der Waals surface area contributed by atoms with Crippen LogP contribution in [0.1, 0.15) is 51.9 Å². The molecule has 1 aliphatic carbocycles. The lowest BCUT2D eigenvalue weighted by Gasteiger charge is -2.26. The van der Waals surface area contributed by atoms with Gasteiger partial charge in [0.25, 0.3) is 5.91 Å². The number of fused-ring (bicyclic) bond motifs is 2. The number of carbonyl (C=O) groups is 2. The van der Waals surface area contributed by atoms with E-state index in [1.807, 2.05) is 6.07 Å². The van der Waals surface area contributed by atoms with Crippen LogP contribution in [-0.2, 0) is 16.0 Å². The molecule has 2 aliphatic heterocycles. The summed E-state index contributed by atoms with van der Waals surface area (Å²) in [6.07, 6.45) is 0.679. The summed E-state index contributed by atoms with van der Waals surface area (Å²) in [4.78, 5) is 25.6. The number of hydrogen-bond acceptors (Lipinski definition) is 6. The fourth-order valence-corrected chi connectivity index (χ4v) is 5.47. The van der Waals surface area contributed by atoms with Crippen LogP contribution in [0.4, 0.5) is 4.39 Å². The minimum absolute atomic E-state index is 0.00407. The molecule has 1 N–H and O–H groups in total. The molecule has 3 aliphatic rings. The Kier molecular flexibility index (Phi) is 6.83. The number of aliphatic carboxylic acids is 1. The standard InChI is InChI=1S/C30H28FNO7/c31-24-8-10-25(38-20-3-1-18(2-4-20)30(35)32-11-13-36-14-12-32)23-7-9-26(29(23)24)39-21-5-6-22-19(15-28(33)34)17-37-27(22)16-21/h1-6,8,10,16,19,26H,7,9,11-15,17H2,(H,33,34)/t19?,26-/m1/s1. The molecule has 3 aromatic carbocycles. The highest BCUT2D eigenvalue weighted by Crippen LogP contribution is 2.44. The molecule has 2 heterocycles. The number of carbonyl (C=O) groups excluding carboxylic acids is 1. The summed E-state index contributed by atoms with van der Waals surface area (Å²) < 4.78 is 38.3. The number of hydrogen-bond donors (Lipinski definition) is 1. The van der Waals surface area contributed by atoms with E-state index < -0.39 is 12.1 Å². The van der Waals surface area contributed by atoms with Gasteiger partial charge in [-0.1, -0.05) is 6.07 Å². The molecule has 6 rings (SSSR count). The summed E-state index contributed by atoms with van der Waals surface area (Å²) in [5.41, 5.74) is 2.65. The SMILES string of the molecule is O=C(O)CC1COc2cc(O[C@@H]3CCc4c(Oc5ccc(C(=O)N6CCOCC6)cc5)ccc(F)c43)ccc21. The Morgan fingerprint density at radius 3 is 2.56 bits per heavy atom. The molecule has 0 aromatic heterocycles. The predicted octanol–water partition coefficient (Wildman–Crippen LogP) is 5.11. The maximum Gasteiger partial charge on any atom is 0.304 e. The first-order chi connectivity index (χ1) is 19.0. The van der Waals surface area contributed by atoms with Gasteiger partial charge in [0.05, 0.1) is 26.2 Å².